The summed E-state index contributed by atoms with van der Waals surface area (Å²) >= 11 is 0. The number of benzene rings is 1. The molecule has 1 aromatic rings. The molecule has 2 amide bonds. The van der Waals surface area contributed by atoms with Crippen LogP contribution in [0.4, 0.5) is 4.39 Å². The van der Waals surface area contributed by atoms with Gasteiger partial charge >= 0.3 is 5.97 Å². The first kappa shape index (κ1) is 19.9. The van der Waals surface area contributed by atoms with Gasteiger partial charge in [-0.25, -0.2) is 4.39 Å². The van der Waals surface area contributed by atoms with Crippen molar-refractivity contribution >= 4 is 17.8 Å². The van der Waals surface area contributed by atoms with E-state index >= 15 is 0 Å². The lowest BCUT2D eigenvalue weighted by Crippen LogP contribution is -2.41. The van der Waals surface area contributed by atoms with Gasteiger partial charge in [0.1, 0.15) is 5.82 Å². The summed E-state index contributed by atoms with van der Waals surface area (Å²) in [7, 11) is 0. The summed E-state index contributed by atoms with van der Waals surface area (Å²) in [5, 5.41) is 2.72. The Bertz CT molecular complexity index is 625. The Morgan fingerprint density at radius 2 is 1.81 bits per heavy atom. The summed E-state index contributed by atoms with van der Waals surface area (Å²) in [6.45, 7) is 3.47. The van der Waals surface area contributed by atoms with Crippen LogP contribution < -0.4 is 5.32 Å². The molecule has 0 aliphatic carbocycles. The first-order valence-electron chi connectivity index (χ1n) is 8.95. The Hall–Kier alpha value is -2.44. The first-order chi connectivity index (χ1) is 12.5. The fourth-order valence-electron chi connectivity index (χ4n) is 2.89. The monoisotopic (exact) mass is 364 g/mol. The highest BCUT2D eigenvalue weighted by Crippen LogP contribution is 2.19. The van der Waals surface area contributed by atoms with E-state index in [1.54, 1.807) is 24.0 Å². The number of carbonyl (C=O) groups is 3. The van der Waals surface area contributed by atoms with E-state index in [0.717, 1.165) is 5.56 Å². The molecule has 0 saturated carbocycles. The minimum Gasteiger partial charge on any atom is -0.466 e. The van der Waals surface area contributed by atoms with E-state index in [2.05, 4.69) is 5.32 Å². The Labute approximate surface area is 152 Å². The summed E-state index contributed by atoms with van der Waals surface area (Å²) < 4.78 is 17.8. The maximum Gasteiger partial charge on any atom is 0.309 e. The van der Waals surface area contributed by atoms with Crippen molar-refractivity contribution in [3.8, 4) is 0 Å². The second-order valence-corrected chi connectivity index (χ2v) is 6.31. The summed E-state index contributed by atoms with van der Waals surface area (Å²) in [6.07, 6.45) is 1.44. The van der Waals surface area contributed by atoms with Gasteiger partial charge in [-0.15, -0.1) is 0 Å². The summed E-state index contributed by atoms with van der Waals surface area (Å²) in [5.74, 6) is -0.955. The summed E-state index contributed by atoms with van der Waals surface area (Å²) in [6, 6.07) is 5.89. The molecule has 0 aromatic heterocycles. The van der Waals surface area contributed by atoms with Gasteiger partial charge in [0, 0.05) is 32.5 Å². The van der Waals surface area contributed by atoms with Gasteiger partial charge in [0.15, 0.2) is 0 Å². The molecule has 0 radical (unpaired) electrons. The quantitative estimate of drug-likeness (QED) is 0.751. The van der Waals surface area contributed by atoms with Crippen molar-refractivity contribution < 1.29 is 23.5 Å². The van der Waals surface area contributed by atoms with E-state index in [1.807, 2.05) is 0 Å². The number of rotatable bonds is 7. The van der Waals surface area contributed by atoms with Crippen LogP contribution in [0.5, 0.6) is 0 Å². The van der Waals surface area contributed by atoms with Crippen LogP contribution in [0.2, 0.25) is 0 Å². The zero-order valence-electron chi connectivity index (χ0n) is 15.0. The number of esters is 1. The molecule has 1 aliphatic rings. The van der Waals surface area contributed by atoms with Crippen molar-refractivity contribution in [1.82, 2.24) is 10.2 Å². The van der Waals surface area contributed by atoms with Crippen molar-refractivity contribution in [2.45, 2.75) is 39.2 Å². The Balaban J connectivity index is 1.66. The molecule has 6 nitrogen and oxygen atoms in total. The summed E-state index contributed by atoms with van der Waals surface area (Å²) in [5.41, 5.74) is 0.798. The average molecular weight is 364 g/mol. The van der Waals surface area contributed by atoms with E-state index < -0.39 is 0 Å². The van der Waals surface area contributed by atoms with E-state index in [1.165, 1.54) is 12.1 Å². The molecule has 0 spiro atoms. The van der Waals surface area contributed by atoms with Gasteiger partial charge in [-0.1, -0.05) is 12.1 Å². The largest absolute Gasteiger partial charge is 0.466 e. The van der Waals surface area contributed by atoms with Gasteiger partial charge in [0.05, 0.1) is 12.5 Å². The van der Waals surface area contributed by atoms with Crippen LogP contribution in [-0.4, -0.2) is 42.4 Å². The van der Waals surface area contributed by atoms with E-state index in [0.29, 0.717) is 39.1 Å². The minimum atomic E-state index is -0.322. The van der Waals surface area contributed by atoms with Crippen molar-refractivity contribution in [3.63, 3.8) is 0 Å². The number of hydrogen-bond donors (Lipinski definition) is 1. The fraction of sp³-hybridized carbons (Fsp3) is 0.526. The molecule has 26 heavy (non-hydrogen) atoms. The molecule has 0 atom stereocenters. The van der Waals surface area contributed by atoms with Gasteiger partial charge in [0.2, 0.25) is 11.8 Å². The number of ether oxygens (including phenoxy) is 1. The SMILES string of the molecule is CCOC(=O)C1CCN(C(=O)CCC(=O)NCc2ccc(F)cc2)CC1. The highest BCUT2D eigenvalue weighted by atomic mass is 19.1. The molecule has 2 rings (SSSR count). The predicted octanol–water partition coefficient (Wildman–Crippen LogP) is 2.02. The van der Waals surface area contributed by atoms with Gasteiger partial charge in [-0.3, -0.25) is 14.4 Å². The zero-order chi connectivity index (χ0) is 18.9. The highest BCUT2D eigenvalue weighted by Gasteiger charge is 2.28. The highest BCUT2D eigenvalue weighted by molar-refractivity contribution is 5.84. The third-order valence-corrected chi connectivity index (χ3v) is 4.44. The lowest BCUT2D eigenvalue weighted by Gasteiger charge is -2.30. The Kier molecular flexibility index (Phi) is 7.56. The van der Waals surface area contributed by atoms with E-state index in [-0.39, 0.29) is 42.4 Å². The molecule has 0 bridgehead atoms. The van der Waals surface area contributed by atoms with Gasteiger partial charge in [-0.2, -0.15) is 0 Å². The molecule has 1 N–H and O–H groups in total. The standard InChI is InChI=1S/C19H25FN2O4/c1-2-26-19(25)15-9-11-22(12-10-15)18(24)8-7-17(23)21-13-14-3-5-16(20)6-4-14/h3-6,15H,2,7-13H2,1H3,(H,21,23). The number of amides is 2. The zero-order valence-corrected chi connectivity index (χ0v) is 15.0. The number of likely N-dealkylation sites (tertiary alicyclic amines) is 1. The summed E-state index contributed by atoms with van der Waals surface area (Å²) in [4.78, 5) is 37.5. The maximum atomic E-state index is 12.8. The Morgan fingerprint density at radius 1 is 1.15 bits per heavy atom. The van der Waals surface area contributed by atoms with Crippen LogP contribution >= 0.6 is 0 Å². The number of carbonyl (C=O) groups excluding carboxylic acids is 3. The maximum absolute atomic E-state index is 12.8. The normalized spacial score (nSPS) is 14.8. The lowest BCUT2D eigenvalue weighted by atomic mass is 9.96. The fourth-order valence-corrected chi connectivity index (χ4v) is 2.89. The second kappa shape index (κ2) is 9.89. The third kappa shape index (κ3) is 6.13. The topological polar surface area (TPSA) is 75.7 Å². The van der Waals surface area contributed by atoms with Crippen LogP contribution in [0.15, 0.2) is 24.3 Å². The van der Waals surface area contributed by atoms with E-state index in [9.17, 15) is 18.8 Å². The molecule has 142 valence electrons. The Morgan fingerprint density at radius 3 is 2.42 bits per heavy atom. The first-order valence-corrected chi connectivity index (χ1v) is 8.95. The molecular weight excluding hydrogens is 339 g/mol. The van der Waals surface area contributed by atoms with Crippen LogP contribution in [0, 0.1) is 11.7 Å². The smallest absolute Gasteiger partial charge is 0.309 e. The molecule has 7 heteroatoms. The number of nitrogens with one attached hydrogen (secondary N) is 1. The molecule has 1 aliphatic heterocycles. The molecule has 1 aromatic carbocycles. The molecule has 1 saturated heterocycles. The van der Waals surface area contributed by atoms with Crippen LogP contribution in [0.1, 0.15) is 38.2 Å². The number of halogens is 1. The van der Waals surface area contributed by atoms with Crippen LogP contribution in [-0.2, 0) is 25.7 Å². The minimum absolute atomic E-state index is 0.0794. The average Bonchev–Trinajstić information content (AvgIpc) is 2.66. The van der Waals surface area contributed by atoms with Crippen LogP contribution in [0.25, 0.3) is 0 Å². The predicted molar refractivity (Wildman–Crippen MR) is 93.4 cm³/mol. The molecule has 1 fully saturated rings. The van der Waals surface area contributed by atoms with Gasteiger partial charge in [-0.05, 0) is 37.5 Å². The second-order valence-electron chi connectivity index (χ2n) is 6.31. The van der Waals surface area contributed by atoms with Crippen molar-refractivity contribution in [2.75, 3.05) is 19.7 Å². The van der Waals surface area contributed by atoms with Crippen molar-refractivity contribution in [1.29, 1.82) is 0 Å². The molecule has 0 unspecified atom stereocenters. The number of nitrogens with zero attached hydrogens (tertiary/aromatic N) is 1. The van der Waals surface area contributed by atoms with E-state index in [4.69, 9.17) is 4.74 Å². The van der Waals surface area contributed by atoms with Gasteiger partial charge < -0.3 is 15.0 Å². The third-order valence-electron chi connectivity index (χ3n) is 4.44. The van der Waals surface area contributed by atoms with Crippen molar-refractivity contribution in [2.24, 2.45) is 5.92 Å². The van der Waals surface area contributed by atoms with Crippen LogP contribution in [0.3, 0.4) is 0 Å². The lowest BCUT2D eigenvalue weighted by molar-refractivity contribution is -0.151. The van der Waals surface area contributed by atoms with Crippen molar-refractivity contribution in [3.05, 3.63) is 35.6 Å². The number of piperidine rings is 1. The number of hydrogen-bond acceptors (Lipinski definition) is 4. The van der Waals surface area contributed by atoms with Gasteiger partial charge in [0.25, 0.3) is 0 Å². The molecular formula is C19H25FN2O4. The molecule has 1 heterocycles.